The van der Waals surface area contributed by atoms with E-state index in [4.69, 9.17) is 16.6 Å². The second kappa shape index (κ2) is 8.80. The Bertz CT molecular complexity index is 1820. The number of pyridine rings is 2. The highest BCUT2D eigenvalue weighted by molar-refractivity contribution is 6.31. The van der Waals surface area contributed by atoms with E-state index in [1.807, 2.05) is 10.6 Å². The molecule has 0 amide bonds. The van der Waals surface area contributed by atoms with Gasteiger partial charge in [0.25, 0.3) is 0 Å². The topological polar surface area (TPSA) is 137 Å². The van der Waals surface area contributed by atoms with E-state index >= 15 is 0 Å². The summed E-state index contributed by atoms with van der Waals surface area (Å²) in [5.74, 6) is 0.243. The Hall–Kier alpha value is -4.52. The Kier molecular flexibility index (Phi) is 5.25. The van der Waals surface area contributed by atoms with Gasteiger partial charge in [0.2, 0.25) is 5.82 Å². The predicted octanol–water partition coefficient (Wildman–Crippen LogP) is 3.29. The number of Topliss-reactive ketones (excluding diaryl/α,β-unsaturated/α-hetero) is 1. The summed E-state index contributed by atoms with van der Waals surface area (Å²) in [4.78, 5) is 21.8. The summed E-state index contributed by atoms with van der Waals surface area (Å²) in [6.45, 7) is 0.321. The molecule has 6 aromatic heterocycles. The summed E-state index contributed by atoms with van der Waals surface area (Å²) >= 11 is 5.91. The Morgan fingerprint density at radius 3 is 2.89 bits per heavy atom. The Morgan fingerprint density at radius 2 is 2.08 bits per heavy atom. The molecule has 0 spiro atoms. The van der Waals surface area contributed by atoms with Gasteiger partial charge in [-0.05, 0) is 48.1 Å². The van der Waals surface area contributed by atoms with Crippen molar-refractivity contribution in [3.63, 3.8) is 0 Å². The quantitative estimate of drug-likeness (QED) is 0.295. The first-order chi connectivity index (χ1) is 18.5. The number of hydrogen-bond acceptors (Lipinski definition) is 8. The molecule has 0 aliphatic heterocycles. The monoisotopic (exact) mass is 531 g/mol. The number of nitrogens with zero attached hydrogens (tertiary/aromatic N) is 10. The number of rotatable bonds is 8. The minimum atomic E-state index is -0.556. The Labute approximate surface area is 218 Å². The minimum absolute atomic E-state index is 0.00800. The van der Waals surface area contributed by atoms with Crippen molar-refractivity contribution < 1.29 is 9.18 Å². The molecular formula is C24H19ClFN11O. The molecule has 6 aromatic rings. The lowest BCUT2D eigenvalue weighted by atomic mass is 10.1. The van der Waals surface area contributed by atoms with Gasteiger partial charge in [-0.2, -0.15) is 5.21 Å². The van der Waals surface area contributed by atoms with Gasteiger partial charge >= 0.3 is 0 Å². The smallest absolute Gasteiger partial charge is 0.208 e. The number of imidazole rings is 2. The number of carbonyl (C=O) groups excluding carboxylic acids is 1. The van der Waals surface area contributed by atoms with Crippen LogP contribution in [-0.4, -0.2) is 60.2 Å². The number of aryl methyl sites for hydroxylation is 1. The number of nitrogens with one attached hydrogen (secondary N) is 1. The van der Waals surface area contributed by atoms with Crippen LogP contribution in [0, 0.1) is 5.82 Å². The molecule has 0 saturated heterocycles. The molecular weight excluding hydrogens is 513 g/mol. The van der Waals surface area contributed by atoms with Gasteiger partial charge in [-0.25, -0.2) is 19.0 Å². The van der Waals surface area contributed by atoms with E-state index in [1.165, 1.54) is 18.0 Å². The molecule has 1 saturated carbocycles. The summed E-state index contributed by atoms with van der Waals surface area (Å²) in [6.07, 6.45) is 11.4. The fraction of sp³-hybridized carbons (Fsp3) is 0.250. The number of carbonyl (C=O) groups is 1. The summed E-state index contributed by atoms with van der Waals surface area (Å²) in [6, 6.07) is 3.53. The number of hydrogen-bond donors (Lipinski definition) is 1. The van der Waals surface area contributed by atoms with Crippen LogP contribution < -0.4 is 0 Å². The van der Waals surface area contributed by atoms with E-state index in [0.29, 0.717) is 29.6 Å². The lowest BCUT2D eigenvalue weighted by Gasteiger charge is -2.04. The fourth-order valence-electron chi connectivity index (χ4n) is 4.62. The van der Waals surface area contributed by atoms with Gasteiger partial charge in [0, 0.05) is 25.0 Å². The predicted molar refractivity (Wildman–Crippen MR) is 132 cm³/mol. The maximum atomic E-state index is 14.5. The molecule has 7 rings (SSSR count). The molecule has 14 heteroatoms. The van der Waals surface area contributed by atoms with Crippen LogP contribution in [0.3, 0.4) is 0 Å². The normalized spacial score (nSPS) is 13.6. The first-order valence-corrected chi connectivity index (χ1v) is 12.4. The number of fused-ring (bicyclic) bond motifs is 2. The third-order valence-corrected chi connectivity index (χ3v) is 6.95. The lowest BCUT2D eigenvalue weighted by molar-refractivity contribution is 0.0977. The van der Waals surface area contributed by atoms with E-state index in [2.05, 4.69) is 48.2 Å². The van der Waals surface area contributed by atoms with Crippen LogP contribution in [0.2, 0.25) is 5.02 Å². The van der Waals surface area contributed by atoms with Crippen LogP contribution in [0.1, 0.15) is 52.6 Å². The Morgan fingerprint density at radius 1 is 1.18 bits per heavy atom. The fourth-order valence-corrected chi connectivity index (χ4v) is 4.77. The molecule has 0 atom stereocenters. The molecule has 12 nitrogen and oxygen atoms in total. The average molecular weight is 532 g/mol. The SMILES string of the molecule is O=C(CCc1ncn2ccc(Cl)c(F)c12)c1cn(Cc2cn3cc(C4CC4)cc(-c4nn[nH]n4)c3n2)nn1. The Balaban J connectivity index is 1.09. The standard InChI is InChI=1S/C24H19ClFN11O/c25-17-5-6-35-12-27-18(22(35)21(17)26)3-4-20(38)19-11-37(34-29-19)10-15-9-36-8-14(13-1-2-13)7-16(24(36)28-15)23-30-32-33-31-23/h5-9,11-13H,1-4,10H2,(H,30,31,32,33). The largest absolute Gasteiger partial charge is 0.306 e. The van der Waals surface area contributed by atoms with E-state index in [1.54, 1.807) is 21.5 Å². The first-order valence-electron chi connectivity index (χ1n) is 12.0. The summed E-state index contributed by atoms with van der Waals surface area (Å²) in [5, 5.41) is 22.6. The molecule has 1 aliphatic rings. The van der Waals surface area contributed by atoms with Crippen LogP contribution in [-0.2, 0) is 13.0 Å². The van der Waals surface area contributed by atoms with E-state index < -0.39 is 5.82 Å². The van der Waals surface area contributed by atoms with Crippen LogP contribution in [0.25, 0.3) is 22.6 Å². The second-order valence-corrected chi connectivity index (χ2v) is 9.72. The molecule has 38 heavy (non-hydrogen) atoms. The number of tetrazole rings is 1. The van der Waals surface area contributed by atoms with Crippen LogP contribution >= 0.6 is 11.6 Å². The molecule has 1 N–H and O–H groups in total. The van der Waals surface area contributed by atoms with Crippen molar-refractivity contribution in [2.75, 3.05) is 0 Å². The van der Waals surface area contributed by atoms with E-state index in [0.717, 1.165) is 24.1 Å². The molecule has 1 fully saturated rings. The highest BCUT2D eigenvalue weighted by Crippen LogP contribution is 2.41. The van der Waals surface area contributed by atoms with Gasteiger partial charge in [-0.1, -0.05) is 16.8 Å². The number of aromatic amines is 1. The molecule has 6 heterocycles. The van der Waals surface area contributed by atoms with Crippen LogP contribution in [0.15, 0.2) is 43.2 Å². The first kappa shape index (κ1) is 22.7. The van der Waals surface area contributed by atoms with Crippen molar-refractivity contribution in [3.05, 3.63) is 76.7 Å². The van der Waals surface area contributed by atoms with E-state index in [9.17, 15) is 9.18 Å². The van der Waals surface area contributed by atoms with Crippen molar-refractivity contribution in [2.24, 2.45) is 0 Å². The zero-order chi connectivity index (χ0) is 25.8. The van der Waals surface area contributed by atoms with Gasteiger partial charge in [0.1, 0.15) is 16.9 Å². The van der Waals surface area contributed by atoms with Crippen LogP contribution in [0.4, 0.5) is 4.39 Å². The van der Waals surface area contributed by atoms with Crippen molar-refractivity contribution in [2.45, 2.75) is 38.1 Å². The van der Waals surface area contributed by atoms with Gasteiger partial charge in [-0.3, -0.25) is 4.79 Å². The summed E-state index contributed by atoms with van der Waals surface area (Å²) in [5.41, 5.74) is 4.41. The molecule has 0 unspecified atom stereocenters. The molecule has 0 radical (unpaired) electrons. The van der Waals surface area contributed by atoms with Crippen molar-refractivity contribution >= 4 is 28.5 Å². The van der Waals surface area contributed by atoms with Gasteiger partial charge < -0.3 is 8.80 Å². The maximum absolute atomic E-state index is 14.5. The van der Waals surface area contributed by atoms with Crippen LogP contribution in [0.5, 0.6) is 0 Å². The minimum Gasteiger partial charge on any atom is -0.306 e. The molecule has 0 bridgehead atoms. The van der Waals surface area contributed by atoms with Crippen molar-refractivity contribution in [1.29, 1.82) is 0 Å². The maximum Gasteiger partial charge on any atom is 0.208 e. The zero-order valence-electron chi connectivity index (χ0n) is 19.8. The molecule has 0 aromatic carbocycles. The zero-order valence-corrected chi connectivity index (χ0v) is 20.5. The summed E-state index contributed by atoms with van der Waals surface area (Å²) in [7, 11) is 0. The van der Waals surface area contributed by atoms with Gasteiger partial charge in [0.05, 0.1) is 41.0 Å². The third-order valence-electron chi connectivity index (χ3n) is 6.66. The van der Waals surface area contributed by atoms with Gasteiger partial charge in [-0.15, -0.1) is 15.3 Å². The summed E-state index contributed by atoms with van der Waals surface area (Å²) < 4.78 is 19.6. The van der Waals surface area contributed by atoms with Gasteiger partial charge in [0.15, 0.2) is 11.6 Å². The van der Waals surface area contributed by atoms with Crippen molar-refractivity contribution in [3.8, 4) is 11.4 Å². The number of H-pyrrole nitrogens is 1. The number of aromatic nitrogens is 11. The number of halogens is 2. The third kappa shape index (κ3) is 4.00. The second-order valence-electron chi connectivity index (χ2n) is 9.31. The molecule has 190 valence electrons. The van der Waals surface area contributed by atoms with E-state index in [-0.39, 0.29) is 34.9 Å². The van der Waals surface area contributed by atoms with Crippen molar-refractivity contribution in [1.82, 2.24) is 54.4 Å². The lowest BCUT2D eigenvalue weighted by Crippen LogP contribution is -2.03. The highest BCUT2D eigenvalue weighted by atomic mass is 35.5. The highest BCUT2D eigenvalue weighted by Gasteiger charge is 2.26. The average Bonchev–Trinajstić information content (AvgIpc) is 3.33. The number of ketones is 1. The molecule has 1 aliphatic carbocycles.